The number of ether oxygens (including phenoxy) is 1. The highest BCUT2D eigenvalue weighted by Crippen LogP contribution is 2.25. The molecule has 0 fully saturated rings. The highest BCUT2D eigenvalue weighted by molar-refractivity contribution is 5.72. The molecule has 1 heterocycles. The van der Waals surface area contributed by atoms with Gasteiger partial charge in [-0.3, -0.25) is 9.78 Å². The molecule has 1 rings (SSSR count). The van der Waals surface area contributed by atoms with Crippen molar-refractivity contribution in [3.63, 3.8) is 0 Å². The number of hydrogen-bond donors (Lipinski definition) is 0. The molecule has 0 aliphatic rings. The van der Waals surface area contributed by atoms with Crippen LogP contribution in [0.25, 0.3) is 0 Å². The molecular formula is C12H12F2N2O2. The summed E-state index contributed by atoms with van der Waals surface area (Å²) in [4.78, 5) is 15.2. The van der Waals surface area contributed by atoms with Crippen LogP contribution in [0.1, 0.15) is 35.9 Å². The van der Waals surface area contributed by atoms with Gasteiger partial charge in [-0.25, -0.2) is 8.78 Å². The molecule has 0 aliphatic heterocycles. The summed E-state index contributed by atoms with van der Waals surface area (Å²) in [5, 5.41) is 8.79. The summed E-state index contributed by atoms with van der Waals surface area (Å²) < 4.78 is 30.2. The molecule has 0 aliphatic carbocycles. The van der Waals surface area contributed by atoms with Gasteiger partial charge in [0.25, 0.3) is 6.43 Å². The molecule has 6 heteroatoms. The van der Waals surface area contributed by atoms with Crippen molar-refractivity contribution < 1.29 is 18.3 Å². The van der Waals surface area contributed by atoms with E-state index >= 15 is 0 Å². The molecule has 0 atom stereocenters. The molecule has 0 amide bonds. The summed E-state index contributed by atoms with van der Waals surface area (Å²) in [5.74, 6) is -0.533. The molecule has 0 unspecified atom stereocenters. The Labute approximate surface area is 103 Å². The minimum Gasteiger partial charge on any atom is -0.466 e. The van der Waals surface area contributed by atoms with Crippen LogP contribution >= 0.6 is 0 Å². The van der Waals surface area contributed by atoms with Crippen LogP contribution in [0.2, 0.25) is 0 Å². The first-order valence-electron chi connectivity index (χ1n) is 5.33. The van der Waals surface area contributed by atoms with Gasteiger partial charge in [-0.1, -0.05) is 0 Å². The van der Waals surface area contributed by atoms with Crippen molar-refractivity contribution in [3.8, 4) is 6.07 Å². The number of esters is 1. The number of nitrogens with zero attached hydrogens (tertiary/aromatic N) is 2. The van der Waals surface area contributed by atoms with Gasteiger partial charge < -0.3 is 4.74 Å². The van der Waals surface area contributed by atoms with Gasteiger partial charge >= 0.3 is 5.97 Å². The molecule has 0 bridgehead atoms. The van der Waals surface area contributed by atoms with Crippen molar-refractivity contribution in [1.82, 2.24) is 4.98 Å². The number of rotatable bonds is 4. The summed E-state index contributed by atoms with van der Waals surface area (Å²) in [5.41, 5.74) is -0.170. The zero-order valence-electron chi connectivity index (χ0n) is 10.0. The second-order valence-corrected chi connectivity index (χ2v) is 3.56. The highest BCUT2D eigenvalue weighted by Gasteiger charge is 2.18. The SMILES string of the molecule is CCOC(=O)Cc1cc(C(F)F)c(C#N)c(C)n1. The van der Waals surface area contributed by atoms with E-state index < -0.39 is 18.0 Å². The molecule has 4 nitrogen and oxygen atoms in total. The van der Waals surface area contributed by atoms with E-state index in [0.29, 0.717) is 0 Å². The average molecular weight is 254 g/mol. The van der Waals surface area contributed by atoms with E-state index in [1.165, 1.54) is 6.92 Å². The number of aromatic nitrogens is 1. The standard InChI is InChI=1S/C12H12F2N2O2/c1-3-18-11(17)5-8-4-9(12(13)14)10(6-15)7(2)16-8/h4,12H,3,5H2,1-2H3. The number of hydrogen-bond acceptors (Lipinski definition) is 4. The molecule has 0 saturated heterocycles. The second kappa shape index (κ2) is 6.05. The van der Waals surface area contributed by atoms with Crippen molar-refractivity contribution in [2.75, 3.05) is 6.61 Å². The molecule has 0 saturated carbocycles. The van der Waals surface area contributed by atoms with E-state index in [0.717, 1.165) is 6.07 Å². The van der Waals surface area contributed by atoms with Crippen LogP contribution in [0, 0.1) is 18.3 Å². The number of aryl methyl sites for hydroxylation is 1. The summed E-state index contributed by atoms with van der Waals surface area (Å²) in [6.07, 6.45) is -2.96. The van der Waals surface area contributed by atoms with Crippen molar-refractivity contribution in [2.24, 2.45) is 0 Å². The normalized spacial score (nSPS) is 10.2. The van der Waals surface area contributed by atoms with Crippen LogP contribution < -0.4 is 0 Å². The molecule has 1 aromatic heterocycles. The Bertz CT molecular complexity index is 496. The van der Waals surface area contributed by atoms with Crippen molar-refractivity contribution >= 4 is 5.97 Å². The Balaban J connectivity index is 3.10. The minimum absolute atomic E-state index is 0.141. The Morgan fingerprint density at radius 1 is 1.61 bits per heavy atom. The summed E-state index contributed by atoms with van der Waals surface area (Å²) >= 11 is 0. The summed E-state index contributed by atoms with van der Waals surface area (Å²) in [6.45, 7) is 3.33. The number of pyridine rings is 1. The van der Waals surface area contributed by atoms with Gasteiger partial charge in [-0.05, 0) is 19.9 Å². The molecule has 96 valence electrons. The molecule has 0 radical (unpaired) electrons. The van der Waals surface area contributed by atoms with E-state index in [2.05, 4.69) is 4.98 Å². The van der Waals surface area contributed by atoms with E-state index in [-0.39, 0.29) is 30.0 Å². The van der Waals surface area contributed by atoms with Crippen LogP contribution in [0.15, 0.2) is 6.07 Å². The fourth-order valence-corrected chi connectivity index (χ4v) is 1.53. The van der Waals surface area contributed by atoms with Crippen molar-refractivity contribution in [3.05, 3.63) is 28.6 Å². The Morgan fingerprint density at radius 3 is 2.78 bits per heavy atom. The maximum absolute atomic E-state index is 12.8. The predicted octanol–water partition coefficient (Wildman–Crippen LogP) is 2.30. The molecule has 1 aromatic rings. The van der Waals surface area contributed by atoms with Gasteiger partial charge in [0, 0.05) is 5.56 Å². The first-order valence-corrected chi connectivity index (χ1v) is 5.33. The van der Waals surface area contributed by atoms with Gasteiger partial charge in [0.2, 0.25) is 0 Å². The number of nitriles is 1. The van der Waals surface area contributed by atoms with Gasteiger partial charge in [0.1, 0.15) is 6.07 Å². The third-order valence-electron chi connectivity index (χ3n) is 2.26. The first kappa shape index (κ1) is 14.0. The molecular weight excluding hydrogens is 242 g/mol. The lowest BCUT2D eigenvalue weighted by Gasteiger charge is -2.08. The highest BCUT2D eigenvalue weighted by atomic mass is 19.3. The van der Waals surface area contributed by atoms with Crippen molar-refractivity contribution in [1.29, 1.82) is 5.26 Å². The third-order valence-corrected chi connectivity index (χ3v) is 2.26. The Hall–Kier alpha value is -2.03. The smallest absolute Gasteiger partial charge is 0.311 e. The Morgan fingerprint density at radius 2 is 2.28 bits per heavy atom. The number of carbonyl (C=O) groups is 1. The maximum atomic E-state index is 12.8. The lowest BCUT2D eigenvalue weighted by Crippen LogP contribution is -2.10. The summed E-state index contributed by atoms with van der Waals surface area (Å²) in [6, 6.07) is 2.77. The van der Waals surface area contributed by atoms with Crippen molar-refractivity contribution in [2.45, 2.75) is 26.7 Å². The van der Waals surface area contributed by atoms with Crippen LogP contribution in [-0.4, -0.2) is 17.6 Å². The van der Waals surface area contributed by atoms with Crippen LogP contribution in [-0.2, 0) is 16.0 Å². The van der Waals surface area contributed by atoms with Crippen LogP contribution in [0.5, 0.6) is 0 Å². The van der Waals surface area contributed by atoms with Gasteiger partial charge in [0.05, 0.1) is 30.0 Å². The Kier molecular flexibility index (Phi) is 4.72. The molecule has 18 heavy (non-hydrogen) atoms. The lowest BCUT2D eigenvalue weighted by molar-refractivity contribution is -0.142. The van der Waals surface area contributed by atoms with E-state index in [1.807, 2.05) is 0 Å². The monoisotopic (exact) mass is 254 g/mol. The first-order chi connectivity index (χ1) is 8.49. The molecule has 0 N–H and O–H groups in total. The average Bonchev–Trinajstić information content (AvgIpc) is 2.28. The van der Waals surface area contributed by atoms with Gasteiger partial charge in [-0.15, -0.1) is 0 Å². The fraction of sp³-hybridized carbons (Fsp3) is 0.417. The zero-order valence-corrected chi connectivity index (χ0v) is 10.0. The second-order valence-electron chi connectivity index (χ2n) is 3.56. The van der Waals surface area contributed by atoms with E-state index in [9.17, 15) is 13.6 Å². The van der Waals surface area contributed by atoms with E-state index in [1.54, 1.807) is 13.0 Å². The van der Waals surface area contributed by atoms with Gasteiger partial charge in [-0.2, -0.15) is 5.26 Å². The lowest BCUT2D eigenvalue weighted by atomic mass is 10.1. The van der Waals surface area contributed by atoms with Crippen LogP contribution in [0.3, 0.4) is 0 Å². The number of carbonyl (C=O) groups excluding carboxylic acids is 1. The quantitative estimate of drug-likeness (QED) is 0.773. The van der Waals surface area contributed by atoms with Gasteiger partial charge in [0.15, 0.2) is 0 Å². The number of alkyl halides is 2. The summed E-state index contributed by atoms with van der Waals surface area (Å²) in [7, 11) is 0. The van der Waals surface area contributed by atoms with E-state index in [4.69, 9.17) is 10.00 Å². The third kappa shape index (κ3) is 3.23. The fourth-order valence-electron chi connectivity index (χ4n) is 1.53. The predicted molar refractivity (Wildman–Crippen MR) is 59.0 cm³/mol. The number of halogens is 2. The minimum atomic E-state index is -2.78. The molecule has 0 spiro atoms. The maximum Gasteiger partial charge on any atom is 0.311 e. The zero-order chi connectivity index (χ0) is 13.7. The topological polar surface area (TPSA) is 63.0 Å². The largest absolute Gasteiger partial charge is 0.466 e. The molecule has 0 aromatic carbocycles. The van der Waals surface area contributed by atoms with Crippen LogP contribution in [0.4, 0.5) is 8.78 Å².